The van der Waals surface area contributed by atoms with Crippen LogP contribution in [0.15, 0.2) is 53.7 Å². The fourth-order valence-electron chi connectivity index (χ4n) is 3.43. The van der Waals surface area contributed by atoms with Gasteiger partial charge in [0.1, 0.15) is 5.82 Å². The lowest BCUT2D eigenvalue weighted by Gasteiger charge is -2.30. The van der Waals surface area contributed by atoms with Gasteiger partial charge in [-0.3, -0.25) is 0 Å². The van der Waals surface area contributed by atoms with Crippen LogP contribution < -0.4 is 16.0 Å². The molecule has 0 saturated heterocycles. The van der Waals surface area contributed by atoms with Crippen molar-refractivity contribution >= 4 is 12.0 Å². The second-order valence-corrected chi connectivity index (χ2v) is 7.01. The van der Waals surface area contributed by atoms with E-state index in [1.54, 1.807) is 12.1 Å². The first-order valence-electron chi connectivity index (χ1n) is 9.30. The monoisotopic (exact) mass is 397 g/mol. The maximum absolute atomic E-state index is 13.0. The number of amides is 2. The van der Waals surface area contributed by atoms with Crippen molar-refractivity contribution in [3.8, 4) is 0 Å². The summed E-state index contributed by atoms with van der Waals surface area (Å²) in [5, 5.41) is 8.72. The first-order valence-corrected chi connectivity index (χ1v) is 9.30. The Morgan fingerprint density at radius 1 is 1.14 bits per heavy atom. The van der Waals surface area contributed by atoms with Gasteiger partial charge in [0.05, 0.1) is 18.7 Å². The summed E-state index contributed by atoms with van der Waals surface area (Å²) in [5.74, 6) is -0.813. The normalized spacial score (nSPS) is 16.3. The Balaban J connectivity index is 1.89. The molecule has 3 rings (SSSR count). The molecule has 0 fully saturated rings. The molecule has 0 saturated carbocycles. The smallest absolute Gasteiger partial charge is 0.338 e. The fourth-order valence-corrected chi connectivity index (χ4v) is 3.43. The Morgan fingerprint density at radius 3 is 2.52 bits per heavy atom. The third-order valence-corrected chi connectivity index (χ3v) is 4.84. The van der Waals surface area contributed by atoms with E-state index >= 15 is 0 Å². The Labute approximate surface area is 169 Å². The lowest BCUT2D eigenvalue weighted by Crippen LogP contribution is -2.48. The average Bonchev–Trinajstić information content (AvgIpc) is 2.68. The van der Waals surface area contributed by atoms with Crippen molar-refractivity contribution in [2.45, 2.75) is 26.4 Å². The third kappa shape index (κ3) is 4.81. The maximum atomic E-state index is 13.0. The van der Waals surface area contributed by atoms with Gasteiger partial charge in [0.2, 0.25) is 0 Å². The van der Waals surface area contributed by atoms with Crippen molar-refractivity contribution in [1.82, 2.24) is 16.0 Å². The summed E-state index contributed by atoms with van der Waals surface area (Å²) in [6.45, 7) is 4.63. The number of halogens is 1. The van der Waals surface area contributed by atoms with Crippen LogP contribution in [0.2, 0.25) is 0 Å². The SMILES string of the molecule is COC(=O)C1=C(CNCc2ccc(F)cc2)NC(=O)N[C@H]1c1ccc(C)cc1C. The van der Waals surface area contributed by atoms with Gasteiger partial charge in [-0.1, -0.05) is 35.9 Å². The van der Waals surface area contributed by atoms with Crippen LogP contribution in [0.5, 0.6) is 0 Å². The average molecular weight is 397 g/mol. The van der Waals surface area contributed by atoms with E-state index in [0.29, 0.717) is 17.8 Å². The summed E-state index contributed by atoms with van der Waals surface area (Å²) in [7, 11) is 1.31. The quantitative estimate of drug-likeness (QED) is 0.655. The standard InChI is InChI=1S/C22H24FN3O3/c1-13-4-9-17(14(2)10-13)20-19(21(27)29-3)18(25-22(28)26-20)12-24-11-15-5-7-16(23)8-6-15/h4-10,20,24H,11-12H2,1-3H3,(H2,25,26,28)/t20-/m0/s1. The molecule has 2 amide bonds. The van der Waals surface area contributed by atoms with E-state index in [0.717, 1.165) is 22.3 Å². The van der Waals surface area contributed by atoms with E-state index in [2.05, 4.69) is 16.0 Å². The van der Waals surface area contributed by atoms with Gasteiger partial charge in [-0.2, -0.15) is 0 Å². The molecule has 0 spiro atoms. The second-order valence-electron chi connectivity index (χ2n) is 7.01. The van der Waals surface area contributed by atoms with E-state index in [1.165, 1.54) is 19.2 Å². The van der Waals surface area contributed by atoms with E-state index in [1.807, 2.05) is 32.0 Å². The predicted octanol–water partition coefficient (Wildman–Crippen LogP) is 3.01. The predicted molar refractivity (Wildman–Crippen MR) is 107 cm³/mol. The molecule has 2 aromatic rings. The highest BCUT2D eigenvalue weighted by molar-refractivity contribution is 5.95. The molecule has 7 heteroatoms. The molecule has 0 unspecified atom stereocenters. The molecule has 29 heavy (non-hydrogen) atoms. The van der Waals surface area contributed by atoms with Gasteiger partial charge in [0, 0.05) is 18.8 Å². The zero-order chi connectivity index (χ0) is 21.0. The van der Waals surface area contributed by atoms with Crippen molar-refractivity contribution < 1.29 is 18.7 Å². The molecule has 0 radical (unpaired) electrons. The topological polar surface area (TPSA) is 79.5 Å². The number of benzene rings is 2. The van der Waals surface area contributed by atoms with Crippen molar-refractivity contribution in [3.05, 3.63) is 81.8 Å². The van der Waals surface area contributed by atoms with Crippen LogP contribution in [0.1, 0.15) is 28.3 Å². The Morgan fingerprint density at radius 2 is 1.86 bits per heavy atom. The fraction of sp³-hybridized carbons (Fsp3) is 0.273. The van der Waals surface area contributed by atoms with Gasteiger partial charge < -0.3 is 20.7 Å². The number of aryl methyl sites for hydroxylation is 2. The summed E-state index contributed by atoms with van der Waals surface area (Å²) in [6.07, 6.45) is 0. The van der Waals surface area contributed by atoms with E-state index in [9.17, 15) is 14.0 Å². The van der Waals surface area contributed by atoms with Gasteiger partial charge in [-0.25, -0.2) is 14.0 Å². The molecule has 1 heterocycles. The summed E-state index contributed by atoms with van der Waals surface area (Å²) in [5.41, 5.74) is 4.59. The largest absolute Gasteiger partial charge is 0.466 e. The molecule has 2 aromatic carbocycles. The number of carbonyl (C=O) groups is 2. The summed E-state index contributed by atoms with van der Waals surface area (Å²) in [4.78, 5) is 24.9. The lowest BCUT2D eigenvalue weighted by atomic mass is 9.91. The number of urea groups is 1. The van der Waals surface area contributed by atoms with Crippen molar-refractivity contribution in [2.75, 3.05) is 13.7 Å². The summed E-state index contributed by atoms with van der Waals surface area (Å²) < 4.78 is 18.0. The lowest BCUT2D eigenvalue weighted by molar-refractivity contribution is -0.136. The molecular formula is C22H24FN3O3. The highest BCUT2D eigenvalue weighted by Gasteiger charge is 2.33. The minimum absolute atomic E-state index is 0.247. The van der Waals surface area contributed by atoms with E-state index in [4.69, 9.17) is 4.74 Å². The molecular weight excluding hydrogens is 373 g/mol. The van der Waals surface area contributed by atoms with Crippen LogP contribution in [-0.4, -0.2) is 25.7 Å². The number of ether oxygens (including phenoxy) is 1. The van der Waals surface area contributed by atoms with Gasteiger partial charge in [-0.15, -0.1) is 0 Å². The van der Waals surface area contributed by atoms with Crippen molar-refractivity contribution in [2.24, 2.45) is 0 Å². The molecule has 6 nitrogen and oxygen atoms in total. The molecule has 1 atom stereocenters. The number of rotatable bonds is 6. The van der Waals surface area contributed by atoms with Crippen LogP contribution in [0.4, 0.5) is 9.18 Å². The van der Waals surface area contributed by atoms with Crippen LogP contribution in [-0.2, 0) is 16.1 Å². The highest BCUT2D eigenvalue weighted by atomic mass is 19.1. The Bertz CT molecular complexity index is 954. The summed E-state index contributed by atoms with van der Waals surface area (Å²) in [6, 6.07) is 11.0. The zero-order valence-electron chi connectivity index (χ0n) is 16.6. The minimum Gasteiger partial charge on any atom is -0.466 e. The third-order valence-electron chi connectivity index (χ3n) is 4.84. The van der Waals surface area contributed by atoms with Crippen LogP contribution in [0.25, 0.3) is 0 Å². The highest BCUT2D eigenvalue weighted by Crippen LogP contribution is 2.30. The minimum atomic E-state index is -0.612. The summed E-state index contributed by atoms with van der Waals surface area (Å²) >= 11 is 0. The molecule has 0 aliphatic carbocycles. The van der Waals surface area contributed by atoms with Crippen LogP contribution >= 0.6 is 0 Å². The number of methoxy groups -OCH3 is 1. The first kappa shape index (κ1) is 20.5. The van der Waals surface area contributed by atoms with Crippen LogP contribution in [0.3, 0.4) is 0 Å². The molecule has 1 aliphatic heterocycles. The first-order chi connectivity index (χ1) is 13.9. The number of hydrogen-bond donors (Lipinski definition) is 3. The Hall–Kier alpha value is -3.19. The molecule has 0 bridgehead atoms. The van der Waals surface area contributed by atoms with E-state index < -0.39 is 12.0 Å². The second kappa shape index (κ2) is 8.87. The molecule has 0 aromatic heterocycles. The van der Waals surface area contributed by atoms with E-state index in [-0.39, 0.29) is 18.4 Å². The number of esters is 1. The van der Waals surface area contributed by atoms with Gasteiger partial charge in [0.15, 0.2) is 0 Å². The van der Waals surface area contributed by atoms with Gasteiger partial charge in [-0.05, 0) is 42.7 Å². The van der Waals surface area contributed by atoms with Gasteiger partial charge in [0.25, 0.3) is 0 Å². The van der Waals surface area contributed by atoms with Crippen molar-refractivity contribution in [3.63, 3.8) is 0 Å². The van der Waals surface area contributed by atoms with Crippen LogP contribution in [0, 0.1) is 19.7 Å². The van der Waals surface area contributed by atoms with Gasteiger partial charge >= 0.3 is 12.0 Å². The molecule has 152 valence electrons. The van der Waals surface area contributed by atoms with Crippen molar-refractivity contribution in [1.29, 1.82) is 0 Å². The number of hydrogen-bond acceptors (Lipinski definition) is 4. The molecule has 1 aliphatic rings. The zero-order valence-corrected chi connectivity index (χ0v) is 16.6. The maximum Gasteiger partial charge on any atom is 0.338 e. The number of carbonyl (C=O) groups excluding carboxylic acids is 2. The Kier molecular flexibility index (Phi) is 6.29. The molecule has 3 N–H and O–H groups in total. The number of nitrogens with one attached hydrogen (secondary N) is 3.